The number of carbonyl (C=O) groups excluding carboxylic acids is 1. The molecule has 0 atom stereocenters. The van der Waals surface area contributed by atoms with E-state index in [-0.39, 0.29) is 12.6 Å². The topological polar surface area (TPSA) is 87.4 Å². The maximum Gasteiger partial charge on any atom is 0.320 e. The van der Waals surface area contributed by atoms with E-state index < -0.39 is 0 Å². The fourth-order valence-corrected chi connectivity index (χ4v) is 1.87. The van der Waals surface area contributed by atoms with Crippen molar-refractivity contribution in [1.29, 1.82) is 0 Å². The van der Waals surface area contributed by atoms with Crippen molar-refractivity contribution in [2.24, 2.45) is 0 Å². The Bertz CT molecular complexity index is 343. The summed E-state index contributed by atoms with van der Waals surface area (Å²) in [5.41, 5.74) is 0. The lowest BCUT2D eigenvalue weighted by Crippen LogP contribution is -2.30. The molecule has 0 saturated heterocycles. The van der Waals surface area contributed by atoms with Crippen molar-refractivity contribution in [2.45, 2.75) is 13.3 Å². The van der Waals surface area contributed by atoms with Crippen LogP contribution in [0.4, 0.5) is 10.6 Å². The predicted molar refractivity (Wildman–Crippen MR) is 67.3 cm³/mol. The number of amides is 2. The van der Waals surface area contributed by atoms with E-state index >= 15 is 0 Å². The monoisotopic (exact) mass is 259 g/mol. The van der Waals surface area contributed by atoms with Crippen LogP contribution in [0, 0.1) is 6.92 Å². The number of urea groups is 1. The molecule has 0 aliphatic rings. The minimum atomic E-state index is -0.291. The molecule has 17 heavy (non-hydrogen) atoms. The molecule has 1 rings (SSSR count). The molecule has 0 fully saturated rings. The van der Waals surface area contributed by atoms with E-state index in [1.165, 1.54) is 0 Å². The van der Waals surface area contributed by atoms with Gasteiger partial charge in [-0.3, -0.25) is 5.32 Å². The fourth-order valence-electron chi connectivity index (χ4n) is 1.09. The summed E-state index contributed by atoms with van der Waals surface area (Å²) in [7, 11) is 0. The van der Waals surface area contributed by atoms with Crippen LogP contribution in [0.2, 0.25) is 0 Å². The van der Waals surface area contributed by atoms with Crippen LogP contribution < -0.4 is 10.6 Å². The van der Waals surface area contributed by atoms with Crippen LogP contribution in [0.3, 0.4) is 0 Å². The number of thioether (sulfide) groups is 1. The van der Waals surface area contributed by atoms with E-state index in [0.29, 0.717) is 18.1 Å². The Hall–Kier alpha value is -1.21. The van der Waals surface area contributed by atoms with Crippen LogP contribution in [-0.2, 0) is 0 Å². The van der Waals surface area contributed by atoms with E-state index in [1.807, 2.05) is 0 Å². The molecule has 0 spiro atoms. The number of hydrogen-bond acceptors (Lipinski definition) is 5. The van der Waals surface area contributed by atoms with Crippen molar-refractivity contribution < 1.29 is 14.4 Å². The highest BCUT2D eigenvalue weighted by atomic mass is 32.2. The van der Waals surface area contributed by atoms with Gasteiger partial charge in [-0.15, -0.1) is 0 Å². The van der Waals surface area contributed by atoms with E-state index in [9.17, 15) is 4.79 Å². The van der Waals surface area contributed by atoms with Crippen LogP contribution in [0.5, 0.6) is 0 Å². The number of hydrogen-bond donors (Lipinski definition) is 3. The molecule has 0 saturated carbocycles. The van der Waals surface area contributed by atoms with Crippen LogP contribution in [0.1, 0.15) is 12.2 Å². The van der Waals surface area contributed by atoms with Crippen LogP contribution in [0.15, 0.2) is 10.6 Å². The Balaban J connectivity index is 2.05. The lowest BCUT2D eigenvalue weighted by molar-refractivity contribution is 0.252. The van der Waals surface area contributed by atoms with Crippen molar-refractivity contribution in [3.8, 4) is 0 Å². The number of nitrogens with one attached hydrogen (secondary N) is 2. The van der Waals surface area contributed by atoms with Gasteiger partial charge in [0, 0.05) is 25.0 Å². The number of nitrogens with zero attached hydrogens (tertiary/aromatic N) is 1. The normalized spacial score (nSPS) is 10.2. The number of anilines is 1. The molecular formula is C10H17N3O3S. The van der Waals surface area contributed by atoms with E-state index in [1.54, 1.807) is 24.8 Å². The maximum atomic E-state index is 11.4. The van der Waals surface area contributed by atoms with E-state index in [4.69, 9.17) is 9.63 Å². The van der Waals surface area contributed by atoms with Crippen molar-refractivity contribution in [1.82, 2.24) is 10.5 Å². The third-order valence-electron chi connectivity index (χ3n) is 1.85. The second-order valence-electron chi connectivity index (χ2n) is 3.39. The molecule has 0 aliphatic heterocycles. The Labute approximate surface area is 104 Å². The minimum absolute atomic E-state index is 0.215. The summed E-state index contributed by atoms with van der Waals surface area (Å²) in [6.07, 6.45) is 0.787. The molecule has 0 radical (unpaired) electrons. The van der Waals surface area contributed by atoms with Crippen molar-refractivity contribution in [3.05, 3.63) is 11.8 Å². The standard InChI is InChI=1S/C10H17N3O3S/c1-8-7-9(13-16-8)12-10(15)11-3-6-17-5-2-4-14/h7,14H,2-6H2,1H3,(H2,11,12,13,15). The first-order chi connectivity index (χ1) is 8.22. The summed E-state index contributed by atoms with van der Waals surface area (Å²) in [5, 5.41) is 17.5. The van der Waals surface area contributed by atoms with Gasteiger partial charge in [0.15, 0.2) is 5.82 Å². The first kappa shape index (κ1) is 13.9. The Morgan fingerprint density at radius 3 is 3.06 bits per heavy atom. The van der Waals surface area contributed by atoms with Gasteiger partial charge in [-0.05, 0) is 19.1 Å². The number of aliphatic hydroxyl groups is 1. The number of rotatable bonds is 7. The van der Waals surface area contributed by atoms with Crippen molar-refractivity contribution in [3.63, 3.8) is 0 Å². The SMILES string of the molecule is Cc1cc(NC(=O)NCCSCCCO)no1. The Morgan fingerprint density at radius 2 is 2.41 bits per heavy atom. The third kappa shape index (κ3) is 6.18. The molecular weight excluding hydrogens is 242 g/mol. The van der Waals surface area contributed by atoms with Gasteiger partial charge in [0.2, 0.25) is 0 Å². The molecule has 1 heterocycles. The van der Waals surface area contributed by atoms with E-state index in [2.05, 4.69) is 15.8 Å². The highest BCUT2D eigenvalue weighted by Crippen LogP contribution is 2.06. The highest BCUT2D eigenvalue weighted by Gasteiger charge is 2.04. The maximum absolute atomic E-state index is 11.4. The van der Waals surface area contributed by atoms with E-state index in [0.717, 1.165) is 17.9 Å². The first-order valence-corrected chi connectivity index (χ1v) is 6.54. The fraction of sp³-hybridized carbons (Fsp3) is 0.600. The van der Waals surface area contributed by atoms with Gasteiger partial charge in [0.05, 0.1) is 0 Å². The molecule has 1 aromatic heterocycles. The van der Waals surface area contributed by atoms with Gasteiger partial charge in [-0.2, -0.15) is 11.8 Å². The van der Waals surface area contributed by atoms with Crippen molar-refractivity contribution in [2.75, 3.05) is 30.0 Å². The number of aryl methyl sites for hydroxylation is 1. The predicted octanol–water partition coefficient (Wildman–Crippen LogP) is 1.22. The molecule has 2 amide bonds. The average molecular weight is 259 g/mol. The molecule has 0 bridgehead atoms. The second-order valence-corrected chi connectivity index (χ2v) is 4.62. The summed E-state index contributed by atoms with van der Waals surface area (Å²) >= 11 is 1.69. The third-order valence-corrected chi connectivity index (χ3v) is 2.92. The lowest BCUT2D eigenvalue weighted by atomic mass is 10.5. The second kappa shape index (κ2) is 7.97. The number of carbonyl (C=O) groups is 1. The average Bonchev–Trinajstić information content (AvgIpc) is 2.69. The lowest BCUT2D eigenvalue weighted by Gasteiger charge is -2.04. The molecule has 3 N–H and O–H groups in total. The quantitative estimate of drug-likeness (QED) is 0.641. The first-order valence-electron chi connectivity index (χ1n) is 5.39. The Kier molecular flexibility index (Phi) is 6.49. The highest BCUT2D eigenvalue weighted by molar-refractivity contribution is 7.99. The molecule has 0 aliphatic carbocycles. The van der Waals surface area contributed by atoms with Crippen LogP contribution >= 0.6 is 11.8 Å². The molecule has 96 valence electrons. The van der Waals surface area contributed by atoms with Crippen LogP contribution in [-0.4, -0.2) is 41.0 Å². The zero-order valence-corrected chi connectivity index (χ0v) is 10.5. The number of aliphatic hydroxyl groups excluding tert-OH is 1. The molecule has 1 aromatic rings. The summed E-state index contributed by atoms with van der Waals surface area (Å²) in [4.78, 5) is 11.4. The summed E-state index contributed by atoms with van der Waals surface area (Å²) in [6.45, 7) is 2.55. The molecule has 0 unspecified atom stereocenters. The summed E-state index contributed by atoms with van der Waals surface area (Å²) in [6, 6.07) is 1.36. The smallest absolute Gasteiger partial charge is 0.320 e. The van der Waals surface area contributed by atoms with Gasteiger partial charge in [0.25, 0.3) is 0 Å². The number of aromatic nitrogens is 1. The molecule has 7 heteroatoms. The summed E-state index contributed by atoms with van der Waals surface area (Å²) < 4.78 is 4.82. The summed E-state index contributed by atoms with van der Waals surface area (Å²) in [5.74, 6) is 2.79. The largest absolute Gasteiger partial charge is 0.396 e. The molecule has 0 aromatic carbocycles. The minimum Gasteiger partial charge on any atom is -0.396 e. The van der Waals surface area contributed by atoms with Gasteiger partial charge < -0.3 is 14.9 Å². The van der Waals surface area contributed by atoms with Gasteiger partial charge in [-0.1, -0.05) is 5.16 Å². The zero-order valence-electron chi connectivity index (χ0n) is 9.73. The van der Waals surface area contributed by atoms with Gasteiger partial charge in [0.1, 0.15) is 5.76 Å². The zero-order chi connectivity index (χ0) is 12.5. The van der Waals surface area contributed by atoms with Crippen molar-refractivity contribution >= 4 is 23.6 Å². The molecule has 6 nitrogen and oxygen atoms in total. The van der Waals surface area contributed by atoms with Gasteiger partial charge in [-0.25, -0.2) is 4.79 Å². The Morgan fingerprint density at radius 1 is 1.59 bits per heavy atom. The van der Waals surface area contributed by atoms with Crippen LogP contribution in [0.25, 0.3) is 0 Å². The van der Waals surface area contributed by atoms with Gasteiger partial charge >= 0.3 is 6.03 Å².